The van der Waals surface area contributed by atoms with Gasteiger partial charge in [0.1, 0.15) is 0 Å². The number of amides is 6. The minimum absolute atomic E-state index is 0.0542. The van der Waals surface area contributed by atoms with Crippen molar-refractivity contribution in [2.45, 2.75) is 259 Å². The third-order valence-electron chi connectivity index (χ3n) is 12.3. The zero-order valence-corrected chi connectivity index (χ0v) is 56.2. The highest BCUT2D eigenvalue weighted by atomic mass is 16.5. The van der Waals surface area contributed by atoms with Gasteiger partial charge in [0.25, 0.3) is 0 Å². The molecule has 0 aromatic carbocycles. The molecule has 4 fully saturated rings. The largest absolute Gasteiger partial charge is 0.385 e. The first kappa shape index (κ1) is 83.1. The number of carbonyl (C=O) groups is 6. The van der Waals surface area contributed by atoms with Crippen LogP contribution in [0.5, 0.6) is 0 Å². The maximum absolute atomic E-state index is 11.2. The normalized spacial score (nSPS) is 15.7. The average molecular weight is 1140 g/mol. The van der Waals surface area contributed by atoms with Crippen molar-refractivity contribution in [3.8, 4) is 0 Å². The summed E-state index contributed by atoms with van der Waals surface area (Å²) in [6.45, 7) is 53.8. The summed E-state index contributed by atoms with van der Waals surface area (Å²) in [5, 5.41) is 14.3. The minimum atomic E-state index is -0.0542. The maximum atomic E-state index is 11.2. The van der Waals surface area contributed by atoms with Gasteiger partial charge in [-0.05, 0) is 126 Å². The molecule has 0 bridgehead atoms. The van der Waals surface area contributed by atoms with E-state index in [9.17, 15) is 28.8 Å². The van der Waals surface area contributed by atoms with Gasteiger partial charge >= 0.3 is 0 Å². The molecule has 3 aliphatic heterocycles. The van der Waals surface area contributed by atoms with Gasteiger partial charge in [0.05, 0.1) is 24.4 Å². The molecule has 0 radical (unpaired) electrons. The van der Waals surface area contributed by atoms with Gasteiger partial charge in [-0.1, -0.05) is 104 Å². The van der Waals surface area contributed by atoms with Gasteiger partial charge in [0.15, 0.2) is 0 Å². The van der Waals surface area contributed by atoms with E-state index in [1.807, 2.05) is 123 Å². The quantitative estimate of drug-likeness (QED) is 0.0725. The third kappa shape index (κ3) is 52.7. The fraction of sp³-hybridized carbons (Fsp3) is 0.905. The van der Waals surface area contributed by atoms with Crippen molar-refractivity contribution in [3.05, 3.63) is 0 Å². The van der Waals surface area contributed by atoms with Crippen molar-refractivity contribution >= 4 is 35.4 Å². The van der Waals surface area contributed by atoms with Gasteiger partial charge in [-0.3, -0.25) is 28.8 Å². The molecule has 6 amide bonds. The topological polar surface area (TPSA) is 206 Å². The van der Waals surface area contributed by atoms with Gasteiger partial charge in [-0.25, -0.2) is 0 Å². The first-order valence-corrected chi connectivity index (χ1v) is 30.9. The molecular weight excluding hydrogens is 1010 g/mol. The van der Waals surface area contributed by atoms with Crippen LogP contribution in [0.4, 0.5) is 0 Å². The first-order chi connectivity index (χ1) is 37.1. The van der Waals surface area contributed by atoms with E-state index in [4.69, 9.17) is 18.9 Å². The molecule has 0 aromatic heterocycles. The number of hydrogen-bond donors (Lipinski definition) is 5. The molecule has 3 heterocycles. The number of nitrogens with one attached hydrogen (secondary N) is 5. The van der Waals surface area contributed by atoms with Crippen LogP contribution in [-0.2, 0) is 47.7 Å². The van der Waals surface area contributed by atoms with Crippen molar-refractivity contribution < 1.29 is 47.7 Å². The first-order valence-electron chi connectivity index (χ1n) is 30.9. The number of methoxy groups -OCH3 is 1. The van der Waals surface area contributed by atoms with Crippen LogP contribution in [0.25, 0.3) is 0 Å². The SMILES string of the molecule is CC(C)C(=O)NC1CC1.CC(C)NC(=O)C(C)C.CC(C)OC1CCN(C)CC1.CC(C)OC1CCOCC1.CC1CN(C(=O)C(C)C)C1.CCC(C)(C)NC(=O)C(C)C.CCCNC(=O)C(C)C.COCCCNC(=O)C(C)C. The lowest BCUT2D eigenvalue weighted by Gasteiger charge is -2.38. The Morgan fingerprint density at radius 2 is 1.00 bits per heavy atom. The molecule has 0 aromatic rings. The second-order valence-corrected chi connectivity index (χ2v) is 25.1. The predicted molar refractivity (Wildman–Crippen MR) is 331 cm³/mol. The lowest BCUT2D eigenvalue weighted by atomic mass is 10.0. The molecule has 4 aliphatic rings. The molecule has 1 aliphatic carbocycles. The fourth-order valence-corrected chi connectivity index (χ4v) is 6.64. The summed E-state index contributed by atoms with van der Waals surface area (Å²) in [6, 6.07) is 0.778. The lowest BCUT2D eigenvalue weighted by molar-refractivity contribution is -0.140. The van der Waals surface area contributed by atoms with Crippen LogP contribution in [0.3, 0.4) is 0 Å². The van der Waals surface area contributed by atoms with E-state index in [1.54, 1.807) is 7.11 Å². The summed E-state index contributed by atoms with van der Waals surface area (Å²) in [5.74, 6) is 2.46. The van der Waals surface area contributed by atoms with E-state index >= 15 is 0 Å². The van der Waals surface area contributed by atoms with Crippen LogP contribution in [0.2, 0.25) is 0 Å². The van der Waals surface area contributed by atoms with Gasteiger partial charge in [-0.2, -0.15) is 0 Å². The van der Waals surface area contributed by atoms with Crippen LogP contribution in [0.1, 0.15) is 217 Å². The second kappa shape index (κ2) is 49.1. The highest BCUT2D eigenvalue weighted by Gasteiger charge is 2.28. The molecule has 5 N–H and O–H groups in total. The van der Waals surface area contributed by atoms with E-state index in [0.29, 0.717) is 49.5 Å². The van der Waals surface area contributed by atoms with Crippen LogP contribution >= 0.6 is 0 Å². The summed E-state index contributed by atoms with van der Waals surface area (Å²) in [6.07, 6.45) is 11.5. The number of piperidine rings is 1. The Kier molecular flexibility index (Phi) is 51.0. The van der Waals surface area contributed by atoms with E-state index in [0.717, 1.165) is 70.9 Å². The summed E-state index contributed by atoms with van der Waals surface area (Å²) >= 11 is 0. The van der Waals surface area contributed by atoms with E-state index < -0.39 is 0 Å². The zero-order valence-electron chi connectivity index (χ0n) is 56.2. The standard InChI is InChI=1S/2C9H19NO.C8H17NO2.C8H15NO.C8H16O2.C7H13NO.2C7H15NO/c1-8(2)11-9-4-6-10(3)7-5-9;1-6-9(4,5)10-8(11)7(2)3;1-7(2)8(10)9-5-4-6-11-3;1-6(2)8(10)9-4-7(3)5-9;1-7(2)10-8-3-5-9-6-4-8;1-5(2)7(9)8-6-3-4-6;1-5(2)7(9)8-6(3)4;1-4-5-8-7(9)6(2)3/h8-9H,4-7H2,1-3H3;7H,6H2,1-5H3,(H,10,11);7H,4-6H2,1-3H3,(H,9,10);6-7H,4-5H2,1-3H3;7-8H,3-6H2,1-2H3;5-6H,3-4H2,1-2H3,(H,8,9);5-6H,1-4H3,(H,8,9);6H,4-5H2,1-3H3,(H,8,9). The fourth-order valence-electron chi connectivity index (χ4n) is 6.64. The van der Waals surface area contributed by atoms with Crippen molar-refractivity contribution in [3.63, 3.8) is 0 Å². The number of ether oxygens (including phenoxy) is 4. The van der Waals surface area contributed by atoms with E-state index in [-0.39, 0.29) is 76.6 Å². The van der Waals surface area contributed by atoms with Gasteiger partial charge in [0, 0.05) is 119 Å². The number of hydrogen-bond acceptors (Lipinski definition) is 11. The summed E-state index contributed by atoms with van der Waals surface area (Å²) in [4.78, 5) is 70.2. The van der Waals surface area contributed by atoms with E-state index in [2.05, 4.69) is 80.1 Å². The molecule has 17 nitrogen and oxygen atoms in total. The van der Waals surface area contributed by atoms with Crippen molar-refractivity contribution in [1.29, 1.82) is 0 Å². The molecular formula is C63H129N7O10. The smallest absolute Gasteiger partial charge is 0.225 e. The third-order valence-corrected chi connectivity index (χ3v) is 12.3. The summed E-state index contributed by atoms with van der Waals surface area (Å²) in [7, 11) is 3.83. The second-order valence-electron chi connectivity index (χ2n) is 25.1. The van der Waals surface area contributed by atoms with Crippen LogP contribution in [0.15, 0.2) is 0 Å². The Morgan fingerprint density at radius 1 is 0.575 bits per heavy atom. The number of likely N-dealkylation sites (tertiary alicyclic amines) is 2. The average Bonchev–Trinajstić information content (AvgIpc) is 4.19. The Balaban J connectivity index is -0.000000413. The van der Waals surface area contributed by atoms with Gasteiger partial charge in [0.2, 0.25) is 35.4 Å². The highest BCUT2D eigenvalue weighted by molar-refractivity contribution is 5.80. The Bertz CT molecular complexity index is 1540. The molecule has 0 unspecified atom stereocenters. The molecule has 476 valence electrons. The Hall–Kier alpha value is -3.38. The van der Waals surface area contributed by atoms with Crippen molar-refractivity contribution in [1.82, 2.24) is 36.4 Å². The zero-order chi connectivity index (χ0) is 62.7. The molecule has 0 atom stereocenters. The summed E-state index contributed by atoms with van der Waals surface area (Å²) in [5.41, 5.74) is -0.0542. The van der Waals surface area contributed by atoms with Crippen LogP contribution in [-0.4, -0.2) is 161 Å². The number of rotatable bonds is 20. The van der Waals surface area contributed by atoms with Crippen LogP contribution in [0, 0.1) is 41.4 Å². The molecule has 3 saturated heterocycles. The Morgan fingerprint density at radius 3 is 1.32 bits per heavy atom. The Labute approximate surface area is 491 Å². The molecule has 17 heteroatoms. The van der Waals surface area contributed by atoms with Crippen molar-refractivity contribution in [2.75, 3.05) is 73.2 Å². The van der Waals surface area contributed by atoms with Crippen LogP contribution < -0.4 is 26.6 Å². The monoisotopic (exact) mass is 1140 g/mol. The molecule has 1 saturated carbocycles. The summed E-state index contributed by atoms with van der Waals surface area (Å²) < 4.78 is 21.4. The number of nitrogens with zero attached hydrogens (tertiary/aromatic N) is 2. The molecule has 80 heavy (non-hydrogen) atoms. The molecule has 0 spiro atoms. The van der Waals surface area contributed by atoms with Gasteiger partial charge in [-0.15, -0.1) is 0 Å². The van der Waals surface area contributed by atoms with Gasteiger partial charge < -0.3 is 55.3 Å². The number of carbonyl (C=O) groups excluding carboxylic acids is 6. The predicted octanol–water partition coefficient (Wildman–Crippen LogP) is 10.2. The minimum Gasteiger partial charge on any atom is -0.385 e. The highest BCUT2D eigenvalue weighted by Crippen LogP contribution is 2.19. The van der Waals surface area contributed by atoms with E-state index in [1.165, 1.54) is 38.8 Å². The maximum Gasteiger partial charge on any atom is 0.225 e. The lowest BCUT2D eigenvalue weighted by Crippen LogP contribution is -2.50. The molecule has 4 rings (SSSR count). The van der Waals surface area contributed by atoms with Crippen molar-refractivity contribution in [2.24, 2.45) is 41.4 Å².